The summed E-state index contributed by atoms with van der Waals surface area (Å²) in [6.45, 7) is 0.740. The number of nitrogens with zero attached hydrogens (tertiary/aromatic N) is 4. The Balaban J connectivity index is 1.86. The fraction of sp³-hybridized carbons (Fsp3) is 0.250. The molecule has 3 aromatic heterocycles. The van der Waals surface area contributed by atoms with Crippen LogP contribution in [0.2, 0.25) is 0 Å². The smallest absolute Gasteiger partial charge is 0.433 e. The minimum atomic E-state index is -4.56. The van der Waals surface area contributed by atoms with E-state index in [0.717, 1.165) is 12.3 Å². The molecule has 0 spiro atoms. The van der Waals surface area contributed by atoms with Crippen LogP contribution in [0.5, 0.6) is 5.75 Å². The van der Waals surface area contributed by atoms with Crippen molar-refractivity contribution in [3.05, 3.63) is 58.6 Å². The molecule has 0 aliphatic rings. The van der Waals surface area contributed by atoms with Crippen LogP contribution in [0.15, 0.2) is 47.4 Å². The van der Waals surface area contributed by atoms with Crippen LogP contribution in [-0.2, 0) is 18.0 Å². The summed E-state index contributed by atoms with van der Waals surface area (Å²) in [5.74, 6) is 0.507. The van der Waals surface area contributed by atoms with Crippen LogP contribution in [0.1, 0.15) is 5.69 Å². The number of benzene rings is 1. The number of ether oxygens (including phenoxy) is 2. The maximum atomic E-state index is 13.0. The Morgan fingerprint density at radius 2 is 1.90 bits per heavy atom. The lowest BCUT2D eigenvalue weighted by Crippen LogP contribution is -2.19. The second kappa shape index (κ2) is 7.45. The van der Waals surface area contributed by atoms with Crippen molar-refractivity contribution in [3.63, 3.8) is 0 Å². The minimum absolute atomic E-state index is 0.251. The van der Waals surface area contributed by atoms with E-state index >= 15 is 0 Å². The molecule has 7 nitrogen and oxygen atoms in total. The number of halogens is 3. The van der Waals surface area contributed by atoms with Crippen molar-refractivity contribution in [1.29, 1.82) is 0 Å². The van der Waals surface area contributed by atoms with Gasteiger partial charge in [-0.1, -0.05) is 0 Å². The summed E-state index contributed by atoms with van der Waals surface area (Å²) < 4.78 is 52.5. The Kier molecular flexibility index (Phi) is 4.94. The Bertz CT molecular complexity index is 1290. The maximum absolute atomic E-state index is 13.0. The number of hydrogen-bond acceptors (Lipinski definition) is 5. The highest BCUT2D eigenvalue weighted by molar-refractivity contribution is 5.83. The molecule has 10 heteroatoms. The molecule has 3 heterocycles. The van der Waals surface area contributed by atoms with Gasteiger partial charge in [0, 0.05) is 32.0 Å². The van der Waals surface area contributed by atoms with E-state index in [9.17, 15) is 18.0 Å². The third kappa shape index (κ3) is 3.50. The average Bonchev–Trinajstić information content (AvgIpc) is 3.17. The number of hydrogen-bond donors (Lipinski definition) is 0. The van der Waals surface area contributed by atoms with E-state index in [1.807, 2.05) is 0 Å². The molecule has 4 aromatic rings. The number of aryl methyl sites for hydroxylation is 1. The summed E-state index contributed by atoms with van der Waals surface area (Å²) in [6.07, 6.45) is -3.48. The molecule has 0 saturated carbocycles. The van der Waals surface area contributed by atoms with Gasteiger partial charge in [-0.3, -0.25) is 14.3 Å². The summed E-state index contributed by atoms with van der Waals surface area (Å²) in [5, 5.41) is 4.82. The highest BCUT2D eigenvalue weighted by Crippen LogP contribution is 2.30. The van der Waals surface area contributed by atoms with Gasteiger partial charge in [0.05, 0.1) is 23.2 Å². The number of pyridine rings is 1. The van der Waals surface area contributed by atoms with E-state index in [2.05, 4.69) is 10.1 Å². The SMILES string of the molecule is COCCOc1ccc2c(c1)c(=O)n(C)c1cc(-c3ccnc(C(F)(F)F)c3)nn21. The van der Waals surface area contributed by atoms with Crippen LogP contribution in [-0.4, -0.2) is 39.5 Å². The number of fused-ring (bicyclic) bond motifs is 3. The fourth-order valence-corrected chi connectivity index (χ4v) is 3.16. The molecule has 0 N–H and O–H groups in total. The molecule has 0 radical (unpaired) electrons. The summed E-state index contributed by atoms with van der Waals surface area (Å²) >= 11 is 0. The van der Waals surface area contributed by atoms with E-state index in [0.29, 0.717) is 41.2 Å². The predicted octanol–water partition coefficient (Wildman–Crippen LogP) is 3.29. The summed E-state index contributed by atoms with van der Waals surface area (Å²) in [5.41, 5.74) is 0.233. The van der Waals surface area contributed by atoms with Crippen LogP contribution >= 0.6 is 0 Å². The molecule has 0 fully saturated rings. The van der Waals surface area contributed by atoms with Crippen molar-refractivity contribution in [2.24, 2.45) is 7.05 Å². The van der Waals surface area contributed by atoms with Gasteiger partial charge >= 0.3 is 6.18 Å². The van der Waals surface area contributed by atoms with E-state index in [-0.39, 0.29) is 11.1 Å². The quantitative estimate of drug-likeness (QED) is 0.465. The van der Waals surface area contributed by atoms with Gasteiger partial charge in [0.15, 0.2) is 0 Å². The lowest BCUT2D eigenvalue weighted by Gasteiger charge is -2.09. The lowest BCUT2D eigenvalue weighted by atomic mass is 10.1. The third-order valence-electron chi connectivity index (χ3n) is 4.67. The van der Waals surface area contributed by atoms with Gasteiger partial charge in [-0.15, -0.1) is 0 Å². The van der Waals surface area contributed by atoms with Crippen LogP contribution in [0.25, 0.3) is 27.8 Å². The van der Waals surface area contributed by atoms with Gasteiger partial charge in [-0.25, -0.2) is 4.52 Å². The first-order valence-corrected chi connectivity index (χ1v) is 8.97. The predicted molar refractivity (Wildman–Crippen MR) is 104 cm³/mol. The molecule has 0 bridgehead atoms. The van der Waals surface area contributed by atoms with E-state index in [1.165, 1.54) is 15.1 Å². The number of aromatic nitrogens is 4. The highest BCUT2D eigenvalue weighted by Gasteiger charge is 2.32. The van der Waals surface area contributed by atoms with Gasteiger partial charge in [-0.05, 0) is 30.3 Å². The zero-order valence-corrected chi connectivity index (χ0v) is 16.1. The third-order valence-corrected chi connectivity index (χ3v) is 4.67. The van der Waals surface area contributed by atoms with Crippen molar-refractivity contribution >= 4 is 16.6 Å². The van der Waals surface area contributed by atoms with Crippen LogP contribution in [0.3, 0.4) is 0 Å². The Morgan fingerprint density at radius 3 is 2.63 bits per heavy atom. The van der Waals surface area contributed by atoms with Crippen LogP contribution < -0.4 is 10.3 Å². The summed E-state index contributed by atoms with van der Waals surface area (Å²) in [6, 6.07) is 8.95. The van der Waals surface area contributed by atoms with Crippen molar-refractivity contribution in [2.75, 3.05) is 20.3 Å². The van der Waals surface area contributed by atoms with E-state index in [4.69, 9.17) is 9.47 Å². The zero-order valence-electron chi connectivity index (χ0n) is 16.1. The van der Waals surface area contributed by atoms with Crippen molar-refractivity contribution in [1.82, 2.24) is 19.2 Å². The van der Waals surface area contributed by atoms with Gasteiger partial charge in [0.1, 0.15) is 23.7 Å². The molecule has 0 amide bonds. The molecule has 0 aliphatic carbocycles. The molecule has 0 saturated heterocycles. The van der Waals surface area contributed by atoms with Crippen LogP contribution in [0.4, 0.5) is 13.2 Å². The number of alkyl halides is 3. The monoisotopic (exact) mass is 418 g/mol. The van der Waals surface area contributed by atoms with Crippen molar-refractivity contribution in [3.8, 4) is 17.0 Å². The fourth-order valence-electron chi connectivity index (χ4n) is 3.16. The second-order valence-corrected chi connectivity index (χ2v) is 6.61. The van der Waals surface area contributed by atoms with Crippen molar-refractivity contribution in [2.45, 2.75) is 6.18 Å². The Morgan fingerprint density at radius 1 is 1.10 bits per heavy atom. The summed E-state index contributed by atoms with van der Waals surface area (Å²) in [4.78, 5) is 16.2. The van der Waals surface area contributed by atoms with Gasteiger partial charge in [0.2, 0.25) is 0 Å². The highest BCUT2D eigenvalue weighted by atomic mass is 19.4. The topological polar surface area (TPSA) is 70.7 Å². The molecular formula is C20H17F3N4O3. The number of rotatable bonds is 5. The van der Waals surface area contributed by atoms with Crippen molar-refractivity contribution < 1.29 is 22.6 Å². The number of methoxy groups -OCH3 is 1. The standard InChI is InChI=1S/C20H17F3N4O3/c1-26-18-11-15(12-5-6-24-17(9-12)20(21,22)23)25-27(18)16-4-3-13(30-8-7-29-2)10-14(16)19(26)28/h3-6,9-11H,7-8H2,1-2H3. The molecular weight excluding hydrogens is 401 g/mol. The molecule has 156 valence electrons. The molecule has 30 heavy (non-hydrogen) atoms. The Labute approximate surface area is 168 Å². The molecule has 4 rings (SSSR count). The largest absolute Gasteiger partial charge is 0.491 e. The maximum Gasteiger partial charge on any atom is 0.433 e. The first-order valence-electron chi connectivity index (χ1n) is 8.97. The first-order chi connectivity index (χ1) is 14.3. The lowest BCUT2D eigenvalue weighted by molar-refractivity contribution is -0.141. The minimum Gasteiger partial charge on any atom is -0.491 e. The first kappa shape index (κ1) is 19.9. The molecule has 0 unspecified atom stereocenters. The van der Waals surface area contributed by atoms with Gasteiger partial charge in [-0.2, -0.15) is 18.3 Å². The summed E-state index contributed by atoms with van der Waals surface area (Å²) in [7, 11) is 3.14. The van der Waals surface area contributed by atoms with Crippen LogP contribution in [0, 0.1) is 0 Å². The normalized spacial score (nSPS) is 12.0. The second-order valence-electron chi connectivity index (χ2n) is 6.61. The van der Waals surface area contributed by atoms with E-state index < -0.39 is 11.9 Å². The molecule has 1 aromatic carbocycles. The van der Waals surface area contributed by atoms with Gasteiger partial charge < -0.3 is 9.47 Å². The van der Waals surface area contributed by atoms with Gasteiger partial charge in [0.25, 0.3) is 5.56 Å². The molecule has 0 aliphatic heterocycles. The van der Waals surface area contributed by atoms with E-state index in [1.54, 1.807) is 38.4 Å². The molecule has 0 atom stereocenters. The average molecular weight is 418 g/mol. The Hall–Kier alpha value is -3.40. The zero-order chi connectivity index (χ0) is 21.5.